The topological polar surface area (TPSA) is 57.8 Å². The van der Waals surface area contributed by atoms with Gasteiger partial charge in [0.2, 0.25) is 5.91 Å². The summed E-state index contributed by atoms with van der Waals surface area (Å²) in [4.78, 5) is 19.2. The summed E-state index contributed by atoms with van der Waals surface area (Å²) in [5.74, 6) is 0.0455. The van der Waals surface area contributed by atoms with Crippen molar-refractivity contribution >= 4 is 16.9 Å². The van der Waals surface area contributed by atoms with Crippen LogP contribution in [0, 0.1) is 5.41 Å². The predicted octanol–water partition coefficient (Wildman–Crippen LogP) is 2.23. The van der Waals surface area contributed by atoms with E-state index in [0.29, 0.717) is 6.54 Å². The number of amides is 1. The predicted molar refractivity (Wildman–Crippen MR) is 67.4 cm³/mol. The van der Waals surface area contributed by atoms with E-state index in [2.05, 4.69) is 15.3 Å². The molecular weight excluding hydrogens is 214 g/mol. The summed E-state index contributed by atoms with van der Waals surface area (Å²) in [6.07, 6.45) is 1.76. The Morgan fingerprint density at radius 3 is 2.88 bits per heavy atom. The van der Waals surface area contributed by atoms with Crippen LogP contribution in [0.3, 0.4) is 0 Å². The molecule has 2 aromatic rings. The van der Waals surface area contributed by atoms with Crippen molar-refractivity contribution in [1.29, 1.82) is 0 Å². The third-order valence-corrected chi connectivity index (χ3v) is 2.57. The molecule has 0 unspecified atom stereocenters. The van der Waals surface area contributed by atoms with E-state index in [1.165, 1.54) is 0 Å². The van der Waals surface area contributed by atoms with Gasteiger partial charge in [-0.15, -0.1) is 0 Å². The summed E-state index contributed by atoms with van der Waals surface area (Å²) >= 11 is 0. The highest BCUT2D eigenvalue weighted by molar-refractivity contribution is 5.81. The highest BCUT2D eigenvalue weighted by atomic mass is 16.2. The fraction of sp³-hybridized carbons (Fsp3) is 0.385. The maximum absolute atomic E-state index is 11.7. The van der Waals surface area contributed by atoms with E-state index >= 15 is 0 Å². The normalized spacial score (nSPS) is 11.7. The molecule has 90 valence electrons. The first-order valence-electron chi connectivity index (χ1n) is 5.68. The van der Waals surface area contributed by atoms with Gasteiger partial charge in [0.1, 0.15) is 0 Å². The van der Waals surface area contributed by atoms with Crippen LogP contribution in [0.25, 0.3) is 11.0 Å². The van der Waals surface area contributed by atoms with Crippen LogP contribution in [-0.4, -0.2) is 15.9 Å². The standard InChI is InChI=1S/C13H17N3O/c1-13(2,3)12(17)15-8-9-7-11-10(16-9)5-4-6-14-11/h4-7,16H,8H2,1-3H3,(H,15,17). The fourth-order valence-corrected chi connectivity index (χ4v) is 1.55. The Bertz CT molecular complexity index is 504. The van der Waals surface area contributed by atoms with Crippen LogP contribution in [0.15, 0.2) is 24.4 Å². The molecule has 0 radical (unpaired) electrons. The zero-order chi connectivity index (χ0) is 12.5. The van der Waals surface area contributed by atoms with Crippen LogP contribution in [0.5, 0.6) is 0 Å². The highest BCUT2D eigenvalue weighted by Crippen LogP contribution is 2.14. The molecule has 1 amide bonds. The molecule has 2 aromatic heterocycles. The number of carbonyl (C=O) groups is 1. The Labute approximate surface area is 100 Å². The number of rotatable bonds is 2. The molecule has 0 aliphatic rings. The summed E-state index contributed by atoms with van der Waals surface area (Å²) in [5, 5.41) is 2.90. The number of hydrogen-bond donors (Lipinski definition) is 2. The van der Waals surface area contributed by atoms with Crippen LogP contribution >= 0.6 is 0 Å². The summed E-state index contributed by atoms with van der Waals surface area (Å²) in [6, 6.07) is 5.81. The van der Waals surface area contributed by atoms with Crippen LogP contribution < -0.4 is 5.32 Å². The number of aromatic nitrogens is 2. The third kappa shape index (κ3) is 2.64. The zero-order valence-corrected chi connectivity index (χ0v) is 10.4. The van der Waals surface area contributed by atoms with Gasteiger partial charge in [0.05, 0.1) is 17.6 Å². The molecule has 0 spiro atoms. The summed E-state index contributed by atoms with van der Waals surface area (Å²) in [5.41, 5.74) is 2.53. The summed E-state index contributed by atoms with van der Waals surface area (Å²) in [7, 11) is 0. The van der Waals surface area contributed by atoms with E-state index in [1.807, 2.05) is 39.0 Å². The second-order valence-corrected chi connectivity index (χ2v) is 5.16. The van der Waals surface area contributed by atoms with Crippen LogP contribution in [0.4, 0.5) is 0 Å². The second-order valence-electron chi connectivity index (χ2n) is 5.16. The second kappa shape index (κ2) is 4.20. The quantitative estimate of drug-likeness (QED) is 0.832. The molecule has 0 aliphatic carbocycles. The van der Waals surface area contributed by atoms with Gasteiger partial charge in [0, 0.05) is 17.3 Å². The third-order valence-electron chi connectivity index (χ3n) is 2.57. The average Bonchev–Trinajstić information content (AvgIpc) is 2.66. The van der Waals surface area contributed by atoms with Gasteiger partial charge in [-0.25, -0.2) is 0 Å². The van der Waals surface area contributed by atoms with Crippen molar-refractivity contribution in [1.82, 2.24) is 15.3 Å². The van der Waals surface area contributed by atoms with E-state index in [-0.39, 0.29) is 11.3 Å². The van der Waals surface area contributed by atoms with Crippen molar-refractivity contribution in [3.05, 3.63) is 30.1 Å². The molecule has 17 heavy (non-hydrogen) atoms. The zero-order valence-electron chi connectivity index (χ0n) is 10.4. The molecule has 2 rings (SSSR count). The Hall–Kier alpha value is -1.84. The number of hydrogen-bond acceptors (Lipinski definition) is 2. The van der Waals surface area contributed by atoms with Gasteiger partial charge in [-0.05, 0) is 18.2 Å². The first-order valence-corrected chi connectivity index (χ1v) is 5.68. The smallest absolute Gasteiger partial charge is 0.225 e. The lowest BCUT2D eigenvalue weighted by Crippen LogP contribution is -2.34. The Morgan fingerprint density at radius 1 is 1.47 bits per heavy atom. The number of nitrogens with one attached hydrogen (secondary N) is 2. The number of aromatic amines is 1. The number of H-pyrrole nitrogens is 1. The van der Waals surface area contributed by atoms with E-state index < -0.39 is 0 Å². The lowest BCUT2D eigenvalue weighted by Gasteiger charge is -2.17. The largest absolute Gasteiger partial charge is 0.356 e. The van der Waals surface area contributed by atoms with Crippen molar-refractivity contribution in [2.75, 3.05) is 0 Å². The Kier molecular flexibility index (Phi) is 2.88. The lowest BCUT2D eigenvalue weighted by atomic mass is 9.96. The molecule has 0 saturated carbocycles. The van der Waals surface area contributed by atoms with E-state index in [4.69, 9.17) is 0 Å². The average molecular weight is 231 g/mol. The van der Waals surface area contributed by atoms with Crippen molar-refractivity contribution in [3.63, 3.8) is 0 Å². The minimum atomic E-state index is -0.357. The molecular formula is C13H17N3O. The molecule has 0 aliphatic heterocycles. The van der Waals surface area contributed by atoms with Gasteiger partial charge in [0.15, 0.2) is 0 Å². The molecule has 4 nitrogen and oxygen atoms in total. The van der Waals surface area contributed by atoms with Gasteiger partial charge >= 0.3 is 0 Å². The van der Waals surface area contributed by atoms with Gasteiger partial charge in [-0.2, -0.15) is 0 Å². The minimum Gasteiger partial charge on any atom is -0.356 e. The Morgan fingerprint density at radius 2 is 2.24 bits per heavy atom. The van der Waals surface area contributed by atoms with Crippen molar-refractivity contribution in [2.45, 2.75) is 27.3 Å². The van der Waals surface area contributed by atoms with Crippen molar-refractivity contribution < 1.29 is 4.79 Å². The van der Waals surface area contributed by atoms with Gasteiger partial charge in [-0.3, -0.25) is 9.78 Å². The number of carbonyl (C=O) groups excluding carboxylic acids is 1. The number of pyridine rings is 1. The van der Waals surface area contributed by atoms with Crippen LogP contribution in [0.1, 0.15) is 26.5 Å². The maximum Gasteiger partial charge on any atom is 0.225 e. The first kappa shape index (κ1) is 11.6. The minimum absolute atomic E-state index is 0.0455. The molecule has 0 fully saturated rings. The molecule has 2 heterocycles. The number of nitrogens with zero attached hydrogens (tertiary/aromatic N) is 1. The van der Waals surface area contributed by atoms with Gasteiger partial charge in [0.25, 0.3) is 0 Å². The maximum atomic E-state index is 11.7. The molecule has 4 heteroatoms. The van der Waals surface area contributed by atoms with E-state index in [1.54, 1.807) is 6.20 Å². The van der Waals surface area contributed by atoms with Crippen LogP contribution in [-0.2, 0) is 11.3 Å². The van der Waals surface area contributed by atoms with Crippen molar-refractivity contribution in [2.24, 2.45) is 5.41 Å². The molecule has 0 saturated heterocycles. The van der Waals surface area contributed by atoms with Gasteiger partial charge < -0.3 is 10.3 Å². The first-order chi connectivity index (χ1) is 7.97. The molecule has 0 bridgehead atoms. The van der Waals surface area contributed by atoms with Crippen LogP contribution in [0.2, 0.25) is 0 Å². The fourth-order valence-electron chi connectivity index (χ4n) is 1.55. The summed E-state index contributed by atoms with van der Waals surface area (Å²) in [6.45, 7) is 6.20. The monoisotopic (exact) mass is 231 g/mol. The molecule has 0 atom stereocenters. The Balaban J connectivity index is 2.07. The summed E-state index contributed by atoms with van der Waals surface area (Å²) < 4.78 is 0. The number of fused-ring (bicyclic) bond motifs is 1. The van der Waals surface area contributed by atoms with E-state index in [9.17, 15) is 4.79 Å². The van der Waals surface area contributed by atoms with Crippen molar-refractivity contribution in [3.8, 4) is 0 Å². The van der Waals surface area contributed by atoms with E-state index in [0.717, 1.165) is 16.7 Å². The van der Waals surface area contributed by atoms with Gasteiger partial charge in [-0.1, -0.05) is 20.8 Å². The SMILES string of the molecule is CC(C)(C)C(=O)NCc1cc2ncccc2[nH]1. The molecule has 2 N–H and O–H groups in total. The lowest BCUT2D eigenvalue weighted by molar-refractivity contribution is -0.128. The highest BCUT2D eigenvalue weighted by Gasteiger charge is 2.20. The molecule has 0 aromatic carbocycles.